The largest absolute Gasteiger partial charge is 0.493 e. The molecule has 0 fully saturated rings. The van der Waals surface area contributed by atoms with Crippen molar-refractivity contribution in [3.8, 4) is 11.5 Å². The van der Waals surface area contributed by atoms with Crippen molar-refractivity contribution in [1.82, 2.24) is 10.6 Å². The normalized spacial score (nSPS) is 13.9. The Balaban J connectivity index is 2.37. The van der Waals surface area contributed by atoms with Crippen LogP contribution >= 0.6 is 0 Å². The van der Waals surface area contributed by atoms with Gasteiger partial charge in [-0.15, -0.1) is 0 Å². The van der Waals surface area contributed by atoms with Crippen LogP contribution in [0.5, 0.6) is 11.5 Å². The fraction of sp³-hybridized carbons (Fsp3) is 0.435. The third-order valence-corrected chi connectivity index (χ3v) is 4.93. The van der Waals surface area contributed by atoms with Crippen LogP contribution in [-0.2, 0) is 30.4 Å². The van der Waals surface area contributed by atoms with Gasteiger partial charge in [-0.25, -0.2) is 9.59 Å². The molecular formula is C23H30N2O7. The summed E-state index contributed by atoms with van der Waals surface area (Å²) in [6.45, 7) is 7.07. The molecule has 0 unspecified atom stereocenters. The number of carbonyl (C=O) groups excluding carboxylic acids is 3. The molecule has 2 N–H and O–H groups in total. The predicted molar refractivity (Wildman–Crippen MR) is 117 cm³/mol. The minimum absolute atomic E-state index is 0.0744. The second kappa shape index (κ2) is 11.2. The molecule has 9 heteroatoms. The first kappa shape index (κ1) is 24.8. The Kier molecular flexibility index (Phi) is 8.69. The van der Waals surface area contributed by atoms with Gasteiger partial charge < -0.3 is 29.6 Å². The molecule has 0 aliphatic carbocycles. The first-order chi connectivity index (χ1) is 15.3. The number of esters is 2. The van der Waals surface area contributed by atoms with Crippen LogP contribution in [0.2, 0.25) is 0 Å². The lowest BCUT2D eigenvalue weighted by Gasteiger charge is -2.29. The van der Waals surface area contributed by atoms with Crippen molar-refractivity contribution in [2.24, 2.45) is 5.92 Å². The lowest BCUT2D eigenvalue weighted by Crippen LogP contribution is -2.42. The highest BCUT2D eigenvalue weighted by molar-refractivity contribution is 6.06. The number of benzene rings is 1. The van der Waals surface area contributed by atoms with E-state index in [1.165, 1.54) is 14.2 Å². The standard InChI is InChI=1S/C23H30N2O7/c1-7-31-22(27)18-13(3)25-14(4)19(23(28)32-8-2)20(18)21(26)24-12-15-9-10-16(29-5)17(11-15)30-6/h9-11,20,25H,7-8,12H2,1-6H3,(H,24,26). The van der Waals surface area contributed by atoms with Crippen LogP contribution in [-0.4, -0.2) is 45.3 Å². The molecule has 9 nitrogen and oxygen atoms in total. The van der Waals surface area contributed by atoms with Gasteiger partial charge in [0.1, 0.15) is 5.92 Å². The summed E-state index contributed by atoms with van der Waals surface area (Å²) in [4.78, 5) is 38.7. The minimum Gasteiger partial charge on any atom is -0.493 e. The number of hydrogen-bond acceptors (Lipinski definition) is 8. The molecule has 0 aromatic heterocycles. The Bertz CT molecular complexity index is 910. The molecule has 1 amide bonds. The van der Waals surface area contributed by atoms with Crippen molar-refractivity contribution in [2.75, 3.05) is 27.4 Å². The molecule has 0 saturated carbocycles. The average Bonchev–Trinajstić information content (AvgIpc) is 2.76. The zero-order valence-electron chi connectivity index (χ0n) is 19.3. The summed E-state index contributed by atoms with van der Waals surface area (Å²) >= 11 is 0. The van der Waals surface area contributed by atoms with Gasteiger partial charge in [-0.05, 0) is 45.4 Å². The molecule has 0 saturated heterocycles. The molecule has 1 heterocycles. The van der Waals surface area contributed by atoms with Crippen molar-refractivity contribution < 1.29 is 33.3 Å². The third kappa shape index (κ3) is 5.40. The molecule has 0 spiro atoms. The number of rotatable bonds is 9. The van der Waals surface area contributed by atoms with Gasteiger partial charge in [-0.3, -0.25) is 4.79 Å². The molecule has 32 heavy (non-hydrogen) atoms. The maximum atomic E-state index is 13.3. The lowest BCUT2D eigenvalue weighted by atomic mass is 9.84. The van der Waals surface area contributed by atoms with Crippen molar-refractivity contribution >= 4 is 17.8 Å². The molecule has 2 rings (SSSR count). The Morgan fingerprint density at radius 3 is 1.91 bits per heavy atom. The molecule has 1 aliphatic heterocycles. The van der Waals surface area contributed by atoms with E-state index in [4.69, 9.17) is 18.9 Å². The number of dihydropyridines is 1. The number of nitrogens with one attached hydrogen (secondary N) is 2. The van der Waals surface area contributed by atoms with E-state index in [9.17, 15) is 14.4 Å². The van der Waals surface area contributed by atoms with Gasteiger partial charge in [0.15, 0.2) is 11.5 Å². The Hall–Kier alpha value is -3.49. The SMILES string of the molecule is CCOC(=O)C1=C(C)NC(C)=C(C(=O)OCC)C1C(=O)NCc1ccc(OC)c(OC)c1. The summed E-state index contributed by atoms with van der Waals surface area (Å²) in [7, 11) is 3.06. The van der Waals surface area contributed by atoms with E-state index in [1.54, 1.807) is 45.9 Å². The van der Waals surface area contributed by atoms with E-state index >= 15 is 0 Å². The highest BCUT2D eigenvalue weighted by Gasteiger charge is 2.41. The van der Waals surface area contributed by atoms with Gasteiger partial charge in [0, 0.05) is 17.9 Å². The van der Waals surface area contributed by atoms with Crippen molar-refractivity contribution in [2.45, 2.75) is 34.2 Å². The summed E-state index contributed by atoms with van der Waals surface area (Å²) in [6.07, 6.45) is 0. The summed E-state index contributed by atoms with van der Waals surface area (Å²) in [5.41, 5.74) is 1.79. The molecular weight excluding hydrogens is 416 g/mol. The average molecular weight is 447 g/mol. The quantitative estimate of drug-likeness (QED) is 0.556. The molecule has 174 valence electrons. The van der Waals surface area contributed by atoms with Gasteiger partial charge in [-0.1, -0.05) is 6.07 Å². The molecule has 0 radical (unpaired) electrons. The number of ether oxygens (including phenoxy) is 4. The zero-order valence-corrected chi connectivity index (χ0v) is 19.3. The second-order valence-electron chi connectivity index (χ2n) is 6.98. The lowest BCUT2D eigenvalue weighted by molar-refractivity contribution is -0.142. The fourth-order valence-corrected chi connectivity index (χ4v) is 3.50. The van der Waals surface area contributed by atoms with E-state index in [0.717, 1.165) is 5.56 Å². The number of amides is 1. The van der Waals surface area contributed by atoms with Crippen LogP contribution in [0.15, 0.2) is 40.7 Å². The maximum Gasteiger partial charge on any atom is 0.336 e. The molecule has 0 bridgehead atoms. The molecule has 1 aromatic rings. The van der Waals surface area contributed by atoms with E-state index in [2.05, 4.69) is 10.6 Å². The number of methoxy groups -OCH3 is 2. The van der Waals surface area contributed by atoms with Gasteiger partial charge in [0.25, 0.3) is 0 Å². The van der Waals surface area contributed by atoms with E-state index < -0.39 is 23.8 Å². The minimum atomic E-state index is -1.17. The second-order valence-corrected chi connectivity index (χ2v) is 6.98. The topological polar surface area (TPSA) is 112 Å². The summed E-state index contributed by atoms with van der Waals surface area (Å²) in [5.74, 6) is -1.95. The molecule has 0 atom stereocenters. The predicted octanol–water partition coefficient (Wildman–Crippen LogP) is 2.21. The summed E-state index contributed by atoms with van der Waals surface area (Å²) < 4.78 is 20.8. The monoisotopic (exact) mass is 446 g/mol. The van der Waals surface area contributed by atoms with E-state index in [0.29, 0.717) is 22.9 Å². The molecule has 1 aliphatic rings. The third-order valence-electron chi connectivity index (χ3n) is 4.93. The van der Waals surface area contributed by atoms with Gasteiger partial charge >= 0.3 is 11.9 Å². The maximum absolute atomic E-state index is 13.3. The Labute approximate surface area is 187 Å². The van der Waals surface area contributed by atoms with Crippen LogP contribution < -0.4 is 20.1 Å². The van der Waals surface area contributed by atoms with Crippen LogP contribution in [0, 0.1) is 5.92 Å². The Morgan fingerprint density at radius 2 is 1.44 bits per heavy atom. The van der Waals surface area contributed by atoms with E-state index in [1.807, 2.05) is 0 Å². The van der Waals surface area contributed by atoms with Gasteiger partial charge in [0.05, 0.1) is 38.6 Å². The number of carbonyl (C=O) groups is 3. The highest BCUT2D eigenvalue weighted by Crippen LogP contribution is 2.32. The summed E-state index contributed by atoms with van der Waals surface area (Å²) in [6, 6.07) is 5.25. The van der Waals surface area contributed by atoms with Gasteiger partial charge in [-0.2, -0.15) is 0 Å². The zero-order chi connectivity index (χ0) is 23.8. The first-order valence-electron chi connectivity index (χ1n) is 10.3. The number of allylic oxidation sites excluding steroid dienone is 2. The summed E-state index contributed by atoms with van der Waals surface area (Å²) in [5, 5.41) is 5.80. The van der Waals surface area contributed by atoms with E-state index in [-0.39, 0.29) is 30.9 Å². The van der Waals surface area contributed by atoms with Crippen LogP contribution in [0.25, 0.3) is 0 Å². The Morgan fingerprint density at radius 1 is 0.906 bits per heavy atom. The molecule has 1 aromatic carbocycles. The van der Waals surface area contributed by atoms with Crippen LogP contribution in [0.4, 0.5) is 0 Å². The highest BCUT2D eigenvalue weighted by atomic mass is 16.5. The van der Waals surface area contributed by atoms with Crippen LogP contribution in [0.3, 0.4) is 0 Å². The van der Waals surface area contributed by atoms with Crippen molar-refractivity contribution in [3.63, 3.8) is 0 Å². The van der Waals surface area contributed by atoms with Gasteiger partial charge in [0.2, 0.25) is 5.91 Å². The first-order valence-corrected chi connectivity index (χ1v) is 10.3. The fourth-order valence-electron chi connectivity index (χ4n) is 3.50. The van der Waals surface area contributed by atoms with Crippen molar-refractivity contribution in [1.29, 1.82) is 0 Å². The smallest absolute Gasteiger partial charge is 0.336 e. The van der Waals surface area contributed by atoms with Crippen LogP contribution in [0.1, 0.15) is 33.3 Å². The van der Waals surface area contributed by atoms with Crippen molar-refractivity contribution in [3.05, 3.63) is 46.3 Å². The number of hydrogen-bond donors (Lipinski definition) is 2.